The lowest BCUT2D eigenvalue weighted by Crippen LogP contribution is -2.65. The molecule has 2 aromatic rings. The van der Waals surface area contributed by atoms with Crippen LogP contribution in [0.1, 0.15) is 356 Å². The highest BCUT2D eigenvalue weighted by Crippen LogP contribution is 2.50. The molecule has 8 aliphatic rings. The minimum Gasteiger partial charge on any atom is -0.395 e. The van der Waals surface area contributed by atoms with Crippen molar-refractivity contribution in [2.45, 2.75) is 449 Å². The molecule has 10 rings (SSSR count). The van der Waals surface area contributed by atoms with Gasteiger partial charge in [0.25, 0.3) is 0 Å². The fourth-order valence-electron chi connectivity index (χ4n) is 21.8. The number of aliphatic hydroxyl groups excluding tert-OH is 2. The topological polar surface area (TPSA) is 222 Å². The molecule has 0 aromatic carbocycles. The standard InChI is InChI=1S/C84H154N16O6/c1-19-37-69(61-53-77(3,4)97(78(5,6)54-61)103-65-39-27-23-28-40-65)87-73-89-71(85-47-51-101)91-75(93-73)95(63-57-81(11,12)99(82(13,14)58-63)105-67-43-31-25-32-44-67)49-35-21-22-36-50-96(64-59-83(15,16)100(84(17,18)60-64)106-68-45-33-26-34-46-68)76-92-72(86-48-52-102)90-74(94-76)88-70(38-20-2)62-55-79(7,8)98(80(9,10)56-62)104-66-41-29-24-30-42-66/h61-70,101-102H,19-60H2,1-18H3,(H2,85,87,89,91,93)(H2,86,88,90,92,94). The molecule has 0 radical (unpaired) electrons. The van der Waals surface area contributed by atoms with E-state index in [2.05, 4.69) is 176 Å². The van der Waals surface area contributed by atoms with Gasteiger partial charge in [-0.3, -0.25) is 19.4 Å². The van der Waals surface area contributed by atoms with Gasteiger partial charge in [0, 0.05) is 94.7 Å². The maximum absolute atomic E-state index is 10.3. The molecule has 0 spiro atoms. The van der Waals surface area contributed by atoms with Gasteiger partial charge < -0.3 is 41.3 Å². The summed E-state index contributed by atoms with van der Waals surface area (Å²) >= 11 is 0. The first-order chi connectivity index (χ1) is 50.2. The van der Waals surface area contributed by atoms with E-state index in [0.29, 0.717) is 60.6 Å². The lowest BCUT2D eigenvalue weighted by atomic mass is 9.71. The smallest absolute Gasteiger partial charge is 0.232 e. The number of anilines is 6. The van der Waals surface area contributed by atoms with Crippen LogP contribution in [0.2, 0.25) is 0 Å². The summed E-state index contributed by atoms with van der Waals surface area (Å²) in [5.41, 5.74) is -1.87. The van der Waals surface area contributed by atoms with Crippen molar-refractivity contribution in [3.05, 3.63) is 0 Å². The fourth-order valence-corrected chi connectivity index (χ4v) is 21.8. The molecule has 2 unspecified atom stereocenters. The van der Waals surface area contributed by atoms with Gasteiger partial charge >= 0.3 is 0 Å². The van der Waals surface area contributed by atoms with Crippen LogP contribution in [0.4, 0.5) is 35.7 Å². The van der Waals surface area contributed by atoms with Crippen LogP contribution in [0.5, 0.6) is 0 Å². The monoisotopic (exact) mass is 1480 g/mol. The molecule has 2 atom stereocenters. The highest BCUT2D eigenvalue weighted by atomic mass is 16.7. The van der Waals surface area contributed by atoms with Crippen molar-refractivity contribution >= 4 is 35.7 Å². The molecule has 0 bridgehead atoms. The van der Waals surface area contributed by atoms with E-state index in [1.54, 1.807) is 0 Å². The molecule has 2 aromatic heterocycles. The van der Waals surface area contributed by atoms with Crippen molar-refractivity contribution in [3.8, 4) is 0 Å². The van der Waals surface area contributed by atoms with E-state index >= 15 is 0 Å². The molecule has 8 fully saturated rings. The second-order valence-electron chi connectivity index (χ2n) is 39.3. The summed E-state index contributed by atoms with van der Waals surface area (Å²) in [6.45, 7) is 44.7. The number of hydrogen-bond acceptors (Lipinski definition) is 22. The largest absolute Gasteiger partial charge is 0.395 e. The molecule has 4 saturated carbocycles. The molecule has 4 aliphatic heterocycles. The Hall–Kier alpha value is -3.58. The van der Waals surface area contributed by atoms with Crippen molar-refractivity contribution in [2.24, 2.45) is 11.8 Å². The maximum Gasteiger partial charge on any atom is 0.232 e. The number of unbranched alkanes of at least 4 members (excludes halogenated alkanes) is 3. The van der Waals surface area contributed by atoms with Crippen LogP contribution in [0.3, 0.4) is 0 Å². The summed E-state index contributed by atoms with van der Waals surface area (Å²) in [6, 6.07) is 0.427. The van der Waals surface area contributed by atoms with Gasteiger partial charge in [0.1, 0.15) is 0 Å². The van der Waals surface area contributed by atoms with Gasteiger partial charge in [0.2, 0.25) is 35.7 Å². The Bertz CT molecular complexity index is 2710. The Balaban J connectivity index is 0.930. The normalized spacial score (nSPS) is 25.4. The van der Waals surface area contributed by atoms with Crippen molar-refractivity contribution in [1.29, 1.82) is 0 Å². The average Bonchev–Trinajstić information content (AvgIpc) is 0.774. The number of aromatic nitrogens is 6. The van der Waals surface area contributed by atoms with Gasteiger partial charge in [-0.1, -0.05) is 117 Å². The quantitative estimate of drug-likeness (QED) is 0.0353. The number of piperidine rings is 4. The number of hydroxylamine groups is 8. The van der Waals surface area contributed by atoms with Crippen molar-refractivity contribution in [2.75, 3.05) is 70.5 Å². The second kappa shape index (κ2) is 36.9. The number of aliphatic hydroxyl groups is 2. The summed E-state index contributed by atoms with van der Waals surface area (Å²) in [5, 5.41) is 45.0. The SMILES string of the molecule is CCCC(Nc1nc(NCCO)nc(N(CCCCCCN(c2nc(NCCO)nc(NC(CCC)C3CC(C)(C)N(OC4CCCCC4)C(C)(C)C3)n2)C2CC(C)(C)N(OC3CCCCC3)C(C)(C)C2)C2CC(C)(C)N(OC3CCCCC3)C(C)(C)C2)n1)C1CC(C)(C)N(OC2CCCCC2)C(C)(C)C1. The van der Waals surface area contributed by atoms with E-state index in [4.69, 9.17) is 49.3 Å². The van der Waals surface area contributed by atoms with E-state index in [-0.39, 0.29) is 106 Å². The zero-order valence-corrected chi connectivity index (χ0v) is 70.4. The predicted molar refractivity (Wildman–Crippen MR) is 432 cm³/mol. The van der Waals surface area contributed by atoms with E-state index in [9.17, 15) is 10.2 Å². The predicted octanol–water partition coefficient (Wildman–Crippen LogP) is 17.5. The van der Waals surface area contributed by atoms with Crippen LogP contribution in [0.15, 0.2) is 0 Å². The Morgan fingerprint density at radius 1 is 0.358 bits per heavy atom. The van der Waals surface area contributed by atoms with Gasteiger partial charge in [-0.2, -0.15) is 50.2 Å². The maximum atomic E-state index is 10.3. The molecule has 6 N–H and O–H groups in total. The highest BCUT2D eigenvalue weighted by Gasteiger charge is 2.54. The number of nitrogens with zero attached hydrogens (tertiary/aromatic N) is 12. The zero-order valence-electron chi connectivity index (χ0n) is 70.4. The molecule has 106 heavy (non-hydrogen) atoms. The molecular formula is C84H154N16O6. The third-order valence-corrected chi connectivity index (χ3v) is 25.6. The zero-order chi connectivity index (χ0) is 76.3. The average molecular weight is 1480 g/mol. The van der Waals surface area contributed by atoms with E-state index in [0.717, 1.165) is 167 Å². The van der Waals surface area contributed by atoms with Crippen molar-refractivity contribution in [3.63, 3.8) is 0 Å². The molecule has 6 heterocycles. The Morgan fingerprint density at radius 2 is 0.613 bits per heavy atom. The van der Waals surface area contributed by atoms with Crippen molar-refractivity contribution < 1.29 is 29.6 Å². The summed E-state index contributed by atoms with van der Waals surface area (Å²) < 4.78 is 0. The van der Waals surface area contributed by atoms with Crippen LogP contribution in [0, 0.1) is 11.8 Å². The van der Waals surface area contributed by atoms with Crippen LogP contribution in [-0.2, 0) is 19.4 Å². The van der Waals surface area contributed by atoms with Crippen LogP contribution in [0.25, 0.3) is 0 Å². The lowest BCUT2D eigenvalue weighted by molar-refractivity contribution is -0.314. The number of nitrogens with one attached hydrogen (secondary N) is 4. The third kappa shape index (κ3) is 22.2. The van der Waals surface area contributed by atoms with Gasteiger partial charge in [-0.05, 0) is 251 Å². The van der Waals surface area contributed by atoms with Gasteiger partial charge in [-0.25, -0.2) is 0 Å². The minimum absolute atomic E-state index is 0.0412. The molecule has 22 nitrogen and oxygen atoms in total. The molecule has 22 heteroatoms. The molecule has 4 aliphatic carbocycles. The summed E-state index contributed by atoms with van der Waals surface area (Å²) in [5.74, 6) is 4.16. The van der Waals surface area contributed by atoms with Gasteiger partial charge in [0.15, 0.2) is 0 Å². The van der Waals surface area contributed by atoms with Crippen LogP contribution < -0.4 is 31.1 Å². The third-order valence-electron chi connectivity index (χ3n) is 25.6. The molecule has 606 valence electrons. The summed E-state index contributed by atoms with van der Waals surface area (Å²) in [4.78, 5) is 65.5. The van der Waals surface area contributed by atoms with Gasteiger partial charge in [-0.15, -0.1) is 0 Å². The molecule has 4 saturated heterocycles. The second-order valence-corrected chi connectivity index (χ2v) is 39.3. The van der Waals surface area contributed by atoms with E-state index < -0.39 is 0 Å². The Kier molecular flexibility index (Phi) is 29.6. The molecular weight excluding hydrogens is 1330 g/mol. The highest BCUT2D eigenvalue weighted by molar-refractivity contribution is 5.47. The summed E-state index contributed by atoms with van der Waals surface area (Å²) in [6.07, 6.45) is 40.3. The first-order valence-corrected chi connectivity index (χ1v) is 43.4. The number of rotatable bonds is 35. The van der Waals surface area contributed by atoms with Crippen LogP contribution in [-0.4, -0.2) is 193 Å². The van der Waals surface area contributed by atoms with Crippen LogP contribution >= 0.6 is 0 Å². The minimum atomic E-state index is -0.288. The first-order valence-electron chi connectivity index (χ1n) is 43.4. The van der Waals surface area contributed by atoms with Gasteiger partial charge in [0.05, 0.1) is 37.6 Å². The number of hydrogen-bond donors (Lipinski definition) is 6. The fraction of sp³-hybridized carbons (Fsp3) is 0.929. The van der Waals surface area contributed by atoms with E-state index in [1.165, 1.54) is 77.0 Å². The van der Waals surface area contributed by atoms with Crippen molar-refractivity contribution in [1.82, 2.24) is 50.2 Å². The first kappa shape index (κ1) is 84.9. The summed E-state index contributed by atoms with van der Waals surface area (Å²) in [7, 11) is 0. The Labute approximate surface area is 643 Å². The Morgan fingerprint density at radius 3 is 0.868 bits per heavy atom. The lowest BCUT2D eigenvalue weighted by Gasteiger charge is -2.56. The molecule has 0 amide bonds. The van der Waals surface area contributed by atoms with E-state index in [1.807, 2.05) is 0 Å².